The molecule has 0 saturated carbocycles. The van der Waals surface area contributed by atoms with Crippen molar-refractivity contribution in [3.63, 3.8) is 0 Å². The molecule has 1 aromatic rings. The Morgan fingerprint density at radius 3 is 2.63 bits per heavy atom. The molecule has 0 saturated heterocycles. The summed E-state index contributed by atoms with van der Waals surface area (Å²) in [5, 5.41) is 15.9. The van der Waals surface area contributed by atoms with Crippen molar-refractivity contribution in [2.24, 2.45) is 0 Å². The van der Waals surface area contributed by atoms with Crippen molar-refractivity contribution in [3.05, 3.63) is 34.3 Å². The van der Waals surface area contributed by atoms with Gasteiger partial charge in [-0.25, -0.2) is 0 Å². The van der Waals surface area contributed by atoms with E-state index in [1.807, 2.05) is 38.1 Å². The molecule has 1 aromatic carbocycles. The van der Waals surface area contributed by atoms with Gasteiger partial charge in [0.2, 0.25) is 5.91 Å². The summed E-state index contributed by atoms with van der Waals surface area (Å²) in [6.07, 6.45) is -0.633. The van der Waals surface area contributed by atoms with Crippen LogP contribution in [0.25, 0.3) is 0 Å². The maximum Gasteiger partial charge on any atom is 0.237 e. The fraction of sp³-hybridized carbons (Fsp3) is 0.500. The van der Waals surface area contributed by atoms with E-state index in [-0.39, 0.29) is 18.0 Å². The summed E-state index contributed by atoms with van der Waals surface area (Å²) in [4.78, 5) is 11.7. The molecule has 0 aliphatic heterocycles. The number of carbonyl (C=O) groups excluding carboxylic acids is 1. The maximum atomic E-state index is 11.7. The van der Waals surface area contributed by atoms with Crippen molar-refractivity contribution in [2.45, 2.75) is 39.0 Å². The highest BCUT2D eigenvalue weighted by atomic mass is 79.9. The van der Waals surface area contributed by atoms with Gasteiger partial charge in [-0.2, -0.15) is 0 Å². The van der Waals surface area contributed by atoms with Gasteiger partial charge in [0.25, 0.3) is 0 Å². The largest absolute Gasteiger partial charge is 0.387 e. The van der Waals surface area contributed by atoms with E-state index in [0.717, 1.165) is 10.0 Å². The van der Waals surface area contributed by atoms with Crippen LogP contribution in [0.5, 0.6) is 0 Å². The van der Waals surface area contributed by atoms with Gasteiger partial charge in [-0.3, -0.25) is 4.79 Å². The molecule has 0 aliphatic rings. The van der Waals surface area contributed by atoms with Crippen molar-refractivity contribution in [1.82, 2.24) is 10.6 Å². The minimum Gasteiger partial charge on any atom is -0.387 e. The van der Waals surface area contributed by atoms with Crippen LogP contribution in [0.4, 0.5) is 0 Å². The topological polar surface area (TPSA) is 61.4 Å². The van der Waals surface area contributed by atoms with E-state index in [9.17, 15) is 9.90 Å². The molecule has 2 atom stereocenters. The Hall–Kier alpha value is -0.910. The molecule has 3 N–H and O–H groups in total. The summed E-state index contributed by atoms with van der Waals surface area (Å²) >= 11 is 3.37. The first-order valence-corrected chi connectivity index (χ1v) is 7.16. The number of hydrogen-bond donors (Lipinski definition) is 3. The standard InChI is InChI=1S/C14H21BrN2O2/c1-9(2)17-14(19)10(3)16-8-13(18)11-5-4-6-12(15)7-11/h4-7,9-10,13,16,18H,8H2,1-3H3,(H,17,19). The van der Waals surface area contributed by atoms with Gasteiger partial charge in [0.15, 0.2) is 0 Å². The number of aliphatic hydroxyl groups excluding tert-OH is 1. The third-order valence-corrected chi connectivity index (χ3v) is 3.17. The van der Waals surface area contributed by atoms with Crippen molar-refractivity contribution in [2.75, 3.05) is 6.54 Å². The van der Waals surface area contributed by atoms with Crippen LogP contribution in [0.2, 0.25) is 0 Å². The first-order chi connectivity index (χ1) is 8.90. The van der Waals surface area contributed by atoms with Crippen LogP contribution in [-0.2, 0) is 4.79 Å². The number of hydrogen-bond acceptors (Lipinski definition) is 3. The molecule has 0 bridgehead atoms. The quantitative estimate of drug-likeness (QED) is 0.748. The van der Waals surface area contributed by atoms with Crippen molar-refractivity contribution in [1.29, 1.82) is 0 Å². The fourth-order valence-corrected chi connectivity index (χ4v) is 2.04. The lowest BCUT2D eigenvalue weighted by molar-refractivity contribution is -0.123. The molecule has 5 heteroatoms. The van der Waals surface area contributed by atoms with Crippen molar-refractivity contribution >= 4 is 21.8 Å². The number of carbonyl (C=O) groups is 1. The zero-order valence-electron chi connectivity index (χ0n) is 11.5. The highest BCUT2D eigenvalue weighted by molar-refractivity contribution is 9.10. The van der Waals surface area contributed by atoms with E-state index in [2.05, 4.69) is 26.6 Å². The minimum atomic E-state index is -0.633. The second-order valence-electron chi connectivity index (χ2n) is 4.86. The average Bonchev–Trinajstić information content (AvgIpc) is 2.34. The van der Waals surface area contributed by atoms with Crippen LogP contribution in [0, 0.1) is 0 Å². The minimum absolute atomic E-state index is 0.0588. The zero-order chi connectivity index (χ0) is 14.4. The van der Waals surface area contributed by atoms with Gasteiger partial charge in [0.1, 0.15) is 0 Å². The highest BCUT2D eigenvalue weighted by Gasteiger charge is 2.15. The summed E-state index contributed by atoms with van der Waals surface area (Å²) in [7, 11) is 0. The van der Waals surface area contributed by atoms with Crippen molar-refractivity contribution in [3.8, 4) is 0 Å². The predicted molar refractivity (Wildman–Crippen MR) is 79.8 cm³/mol. The Morgan fingerprint density at radius 2 is 2.05 bits per heavy atom. The predicted octanol–water partition coefficient (Wildman–Crippen LogP) is 1.99. The Balaban J connectivity index is 2.46. The van der Waals surface area contributed by atoms with E-state index >= 15 is 0 Å². The Morgan fingerprint density at radius 1 is 1.37 bits per heavy atom. The first-order valence-electron chi connectivity index (χ1n) is 6.37. The molecule has 1 amide bonds. The smallest absolute Gasteiger partial charge is 0.237 e. The first kappa shape index (κ1) is 16.1. The third-order valence-electron chi connectivity index (χ3n) is 2.68. The number of nitrogens with one attached hydrogen (secondary N) is 2. The fourth-order valence-electron chi connectivity index (χ4n) is 1.62. The number of aliphatic hydroxyl groups is 1. The number of amides is 1. The summed E-state index contributed by atoms with van der Waals surface area (Å²) in [6.45, 7) is 5.95. The van der Waals surface area contributed by atoms with E-state index in [0.29, 0.717) is 6.54 Å². The van der Waals surface area contributed by atoms with Gasteiger partial charge in [0.05, 0.1) is 12.1 Å². The average molecular weight is 329 g/mol. The molecule has 2 unspecified atom stereocenters. The molecule has 0 spiro atoms. The van der Waals surface area contributed by atoms with Gasteiger partial charge in [-0.1, -0.05) is 28.1 Å². The number of benzene rings is 1. The van der Waals surface area contributed by atoms with Crippen LogP contribution in [-0.4, -0.2) is 29.6 Å². The lowest BCUT2D eigenvalue weighted by Gasteiger charge is -2.18. The molecular formula is C14H21BrN2O2. The molecule has 106 valence electrons. The summed E-state index contributed by atoms with van der Waals surface area (Å²) < 4.78 is 0.926. The van der Waals surface area contributed by atoms with Gasteiger partial charge in [-0.15, -0.1) is 0 Å². The van der Waals surface area contributed by atoms with Crippen LogP contribution < -0.4 is 10.6 Å². The molecule has 0 radical (unpaired) electrons. The van der Waals surface area contributed by atoms with Crippen LogP contribution in [0.3, 0.4) is 0 Å². The summed E-state index contributed by atoms with van der Waals surface area (Å²) in [6, 6.07) is 7.29. The van der Waals surface area contributed by atoms with E-state index in [1.165, 1.54) is 0 Å². The van der Waals surface area contributed by atoms with E-state index in [4.69, 9.17) is 0 Å². The molecule has 1 rings (SSSR count). The molecule has 0 fully saturated rings. The SMILES string of the molecule is CC(C)NC(=O)C(C)NCC(O)c1cccc(Br)c1. The second-order valence-corrected chi connectivity index (χ2v) is 5.78. The molecule has 19 heavy (non-hydrogen) atoms. The van der Waals surface area contributed by atoms with Crippen LogP contribution in [0.15, 0.2) is 28.7 Å². The normalized spacial score (nSPS) is 14.2. The highest BCUT2D eigenvalue weighted by Crippen LogP contribution is 2.17. The van der Waals surface area contributed by atoms with E-state index in [1.54, 1.807) is 6.92 Å². The van der Waals surface area contributed by atoms with E-state index < -0.39 is 6.10 Å². The van der Waals surface area contributed by atoms with Crippen LogP contribution >= 0.6 is 15.9 Å². The number of halogens is 1. The van der Waals surface area contributed by atoms with Gasteiger partial charge >= 0.3 is 0 Å². The summed E-state index contributed by atoms with van der Waals surface area (Å²) in [5.41, 5.74) is 0.818. The van der Waals surface area contributed by atoms with Gasteiger partial charge < -0.3 is 15.7 Å². The third kappa shape index (κ3) is 5.72. The molecule has 0 heterocycles. The monoisotopic (exact) mass is 328 g/mol. The lowest BCUT2D eigenvalue weighted by atomic mass is 10.1. The Kier molecular flexibility index (Phi) is 6.48. The summed E-state index contributed by atoms with van der Waals surface area (Å²) in [5.74, 6) is -0.0588. The molecule has 4 nitrogen and oxygen atoms in total. The van der Waals surface area contributed by atoms with Crippen LogP contribution in [0.1, 0.15) is 32.4 Å². The molecule has 0 aromatic heterocycles. The molecule has 0 aliphatic carbocycles. The van der Waals surface area contributed by atoms with Crippen molar-refractivity contribution < 1.29 is 9.90 Å². The second kappa shape index (κ2) is 7.62. The Bertz CT molecular complexity index is 424. The zero-order valence-corrected chi connectivity index (χ0v) is 13.1. The molecular weight excluding hydrogens is 308 g/mol. The number of rotatable bonds is 6. The van der Waals surface area contributed by atoms with Gasteiger partial charge in [-0.05, 0) is 38.5 Å². The Labute approximate surface area is 122 Å². The lowest BCUT2D eigenvalue weighted by Crippen LogP contribution is -2.45. The maximum absolute atomic E-state index is 11.7. The van der Waals surface area contributed by atoms with Gasteiger partial charge in [0, 0.05) is 17.1 Å².